The molecular formula is C11H11BrN2. The number of halogens is 1. The number of allylic oxidation sites excluding steroid dienone is 1. The lowest BCUT2D eigenvalue weighted by atomic mass is 10.3. The number of nitrogens with one attached hydrogen (secondary N) is 1. The van der Waals surface area contributed by atoms with E-state index in [0.717, 1.165) is 27.8 Å². The van der Waals surface area contributed by atoms with E-state index in [1.54, 1.807) is 0 Å². The molecule has 0 amide bonds. The van der Waals surface area contributed by atoms with E-state index in [2.05, 4.69) is 38.9 Å². The number of nitrogens with zero attached hydrogens (tertiary/aromatic N) is 1. The molecule has 0 fully saturated rings. The van der Waals surface area contributed by atoms with Gasteiger partial charge >= 0.3 is 0 Å². The first kappa shape index (κ1) is 9.46. The number of aromatic nitrogens is 2. The average Bonchev–Trinajstić information content (AvgIpc) is 2.56. The minimum absolute atomic E-state index is 0.917. The molecule has 1 N–H and O–H groups in total. The fourth-order valence-electron chi connectivity index (χ4n) is 1.31. The number of fused-ring (bicyclic) bond motifs is 1. The summed E-state index contributed by atoms with van der Waals surface area (Å²) in [5.41, 5.74) is 2.07. The van der Waals surface area contributed by atoms with Crippen molar-refractivity contribution < 1.29 is 0 Å². The van der Waals surface area contributed by atoms with Crippen molar-refractivity contribution in [3.63, 3.8) is 0 Å². The van der Waals surface area contributed by atoms with Gasteiger partial charge in [0.25, 0.3) is 0 Å². The lowest BCUT2D eigenvalue weighted by Gasteiger charge is -1.87. The van der Waals surface area contributed by atoms with E-state index in [-0.39, 0.29) is 0 Å². The minimum Gasteiger partial charge on any atom is -0.338 e. The van der Waals surface area contributed by atoms with E-state index in [1.807, 2.05) is 24.3 Å². The van der Waals surface area contributed by atoms with E-state index in [1.165, 1.54) is 0 Å². The number of hydrogen-bond acceptors (Lipinski definition) is 1. The van der Waals surface area contributed by atoms with Gasteiger partial charge in [-0.25, -0.2) is 4.98 Å². The molecule has 3 heteroatoms. The lowest BCUT2D eigenvalue weighted by Crippen LogP contribution is -1.71. The smallest absolute Gasteiger partial charge is 0.130 e. The van der Waals surface area contributed by atoms with Gasteiger partial charge in [0.05, 0.1) is 11.0 Å². The van der Waals surface area contributed by atoms with Crippen LogP contribution in [0.2, 0.25) is 0 Å². The Morgan fingerprint density at radius 2 is 2.36 bits per heavy atom. The molecule has 0 saturated heterocycles. The van der Waals surface area contributed by atoms with Crippen LogP contribution < -0.4 is 0 Å². The lowest BCUT2D eigenvalue weighted by molar-refractivity contribution is 1.22. The molecule has 0 bridgehead atoms. The third-order valence-electron chi connectivity index (χ3n) is 1.97. The number of H-pyrrole nitrogens is 1. The number of benzene rings is 1. The Morgan fingerprint density at radius 1 is 1.50 bits per heavy atom. The first-order valence-corrected chi connectivity index (χ1v) is 5.40. The first-order valence-electron chi connectivity index (χ1n) is 4.61. The Balaban J connectivity index is 2.46. The van der Waals surface area contributed by atoms with Gasteiger partial charge in [-0.05, 0) is 30.7 Å². The van der Waals surface area contributed by atoms with Crippen molar-refractivity contribution in [2.24, 2.45) is 0 Å². The summed E-state index contributed by atoms with van der Waals surface area (Å²) in [6, 6.07) is 6.04. The van der Waals surface area contributed by atoms with Crippen molar-refractivity contribution in [3.05, 3.63) is 34.6 Å². The van der Waals surface area contributed by atoms with E-state index in [9.17, 15) is 0 Å². The zero-order chi connectivity index (χ0) is 9.97. The standard InChI is InChI=1S/C11H11BrN2/c1-2-3-4-11-13-9-6-5-8(12)7-10(9)14-11/h3-7H,2H2,1H3,(H,13,14)/b4-3+. The molecule has 1 aromatic carbocycles. The van der Waals surface area contributed by atoms with Crippen molar-refractivity contribution in [2.45, 2.75) is 13.3 Å². The topological polar surface area (TPSA) is 28.7 Å². The van der Waals surface area contributed by atoms with Crippen molar-refractivity contribution in [2.75, 3.05) is 0 Å². The molecule has 2 nitrogen and oxygen atoms in total. The Hall–Kier alpha value is -1.09. The van der Waals surface area contributed by atoms with Gasteiger partial charge in [-0.3, -0.25) is 0 Å². The van der Waals surface area contributed by atoms with Gasteiger partial charge in [-0.2, -0.15) is 0 Å². The summed E-state index contributed by atoms with van der Waals surface area (Å²) in [4.78, 5) is 7.68. The van der Waals surface area contributed by atoms with E-state index in [4.69, 9.17) is 0 Å². The molecule has 1 aromatic heterocycles. The molecule has 0 aliphatic rings. The molecule has 0 spiro atoms. The molecule has 0 saturated carbocycles. The Labute approximate surface area is 91.2 Å². The second-order valence-corrected chi connectivity index (χ2v) is 4.01. The maximum Gasteiger partial charge on any atom is 0.130 e. The highest BCUT2D eigenvalue weighted by molar-refractivity contribution is 9.10. The Morgan fingerprint density at radius 3 is 3.14 bits per heavy atom. The molecule has 0 atom stereocenters. The zero-order valence-corrected chi connectivity index (χ0v) is 9.51. The molecule has 0 unspecified atom stereocenters. The highest BCUT2D eigenvalue weighted by Crippen LogP contribution is 2.18. The third-order valence-corrected chi connectivity index (χ3v) is 2.47. The number of hydrogen-bond donors (Lipinski definition) is 1. The minimum atomic E-state index is 0.917. The van der Waals surface area contributed by atoms with Crippen molar-refractivity contribution >= 4 is 33.0 Å². The van der Waals surface area contributed by atoms with E-state index >= 15 is 0 Å². The molecule has 1 heterocycles. The van der Waals surface area contributed by atoms with Crippen LogP contribution in [0.25, 0.3) is 17.1 Å². The predicted molar refractivity (Wildman–Crippen MR) is 63.1 cm³/mol. The molecular weight excluding hydrogens is 240 g/mol. The van der Waals surface area contributed by atoms with Gasteiger partial charge in [-0.15, -0.1) is 0 Å². The molecule has 0 aliphatic heterocycles. The fourth-order valence-corrected chi connectivity index (χ4v) is 1.66. The van der Waals surface area contributed by atoms with Crippen LogP contribution in [0.15, 0.2) is 28.7 Å². The Bertz CT molecular complexity index is 471. The van der Waals surface area contributed by atoms with Gasteiger partial charge in [0, 0.05) is 4.47 Å². The summed E-state index contributed by atoms with van der Waals surface area (Å²) >= 11 is 3.42. The summed E-state index contributed by atoms with van der Waals surface area (Å²) in [6.45, 7) is 2.11. The van der Waals surface area contributed by atoms with Crippen LogP contribution in [-0.4, -0.2) is 9.97 Å². The Kier molecular flexibility index (Phi) is 2.68. The number of imidazole rings is 1. The molecule has 72 valence electrons. The van der Waals surface area contributed by atoms with Crippen molar-refractivity contribution in [3.8, 4) is 0 Å². The summed E-state index contributed by atoms with van der Waals surface area (Å²) in [5.74, 6) is 0.917. The second-order valence-electron chi connectivity index (χ2n) is 3.09. The van der Waals surface area contributed by atoms with Crippen LogP contribution in [0.3, 0.4) is 0 Å². The first-order chi connectivity index (χ1) is 6.79. The molecule has 2 rings (SSSR count). The highest BCUT2D eigenvalue weighted by atomic mass is 79.9. The zero-order valence-electron chi connectivity index (χ0n) is 7.92. The fraction of sp³-hybridized carbons (Fsp3) is 0.182. The van der Waals surface area contributed by atoms with Crippen LogP contribution in [0.5, 0.6) is 0 Å². The monoisotopic (exact) mass is 250 g/mol. The maximum atomic E-state index is 4.44. The summed E-state index contributed by atoms with van der Waals surface area (Å²) in [6.07, 6.45) is 5.13. The summed E-state index contributed by atoms with van der Waals surface area (Å²) in [5, 5.41) is 0. The predicted octanol–water partition coefficient (Wildman–Crippen LogP) is 3.75. The number of aromatic amines is 1. The largest absolute Gasteiger partial charge is 0.338 e. The van der Waals surface area contributed by atoms with E-state index < -0.39 is 0 Å². The van der Waals surface area contributed by atoms with Crippen molar-refractivity contribution in [1.82, 2.24) is 9.97 Å². The van der Waals surface area contributed by atoms with Crippen LogP contribution in [-0.2, 0) is 0 Å². The van der Waals surface area contributed by atoms with Gasteiger partial charge in [-0.1, -0.05) is 28.9 Å². The quantitative estimate of drug-likeness (QED) is 0.865. The SMILES string of the molecule is CC/C=C/c1nc2cc(Br)ccc2[nH]1. The van der Waals surface area contributed by atoms with Gasteiger partial charge in [0.2, 0.25) is 0 Å². The molecule has 0 aliphatic carbocycles. The summed E-state index contributed by atoms with van der Waals surface area (Å²) in [7, 11) is 0. The molecule has 14 heavy (non-hydrogen) atoms. The average molecular weight is 251 g/mol. The van der Waals surface area contributed by atoms with Crippen molar-refractivity contribution in [1.29, 1.82) is 0 Å². The highest BCUT2D eigenvalue weighted by Gasteiger charge is 1.99. The normalized spacial score (nSPS) is 11.6. The molecule has 0 radical (unpaired) electrons. The van der Waals surface area contributed by atoms with Crippen LogP contribution in [0.4, 0.5) is 0 Å². The summed E-state index contributed by atoms with van der Waals surface area (Å²) < 4.78 is 1.06. The van der Waals surface area contributed by atoms with Crippen LogP contribution >= 0.6 is 15.9 Å². The van der Waals surface area contributed by atoms with E-state index in [0.29, 0.717) is 0 Å². The van der Waals surface area contributed by atoms with Crippen LogP contribution in [0, 0.1) is 0 Å². The maximum absolute atomic E-state index is 4.44. The van der Waals surface area contributed by atoms with Gasteiger partial charge in [0.15, 0.2) is 0 Å². The van der Waals surface area contributed by atoms with Gasteiger partial charge in [0.1, 0.15) is 5.82 Å². The molecule has 2 aromatic rings. The number of rotatable bonds is 2. The van der Waals surface area contributed by atoms with Gasteiger partial charge < -0.3 is 4.98 Å². The second kappa shape index (κ2) is 3.96. The van der Waals surface area contributed by atoms with Crippen LogP contribution in [0.1, 0.15) is 19.2 Å². The third kappa shape index (κ3) is 1.87.